The number of rotatable bonds is 5. The van der Waals surface area contributed by atoms with Crippen LogP contribution in [-0.4, -0.2) is 62.8 Å². The van der Waals surface area contributed by atoms with E-state index in [1.165, 1.54) is 11.3 Å². The average molecular weight is 336 g/mol. The Morgan fingerprint density at radius 1 is 1.52 bits per heavy atom. The number of β-amino-alcohol motifs (C(OH)–C–C–N with tert-alkyl or cyclic N) is 1. The highest BCUT2D eigenvalue weighted by Crippen LogP contribution is 2.21. The number of thiophene rings is 1. The zero-order valence-corrected chi connectivity index (χ0v) is 14.0. The number of hydrogen-bond donors (Lipinski definition) is 1. The van der Waals surface area contributed by atoms with E-state index in [-0.39, 0.29) is 11.9 Å². The van der Waals surface area contributed by atoms with Crippen molar-refractivity contribution in [3.8, 4) is 0 Å². The van der Waals surface area contributed by atoms with Crippen LogP contribution in [0.5, 0.6) is 0 Å². The van der Waals surface area contributed by atoms with Gasteiger partial charge < -0.3 is 14.4 Å². The first-order valence-electron chi connectivity index (χ1n) is 7.61. The lowest BCUT2D eigenvalue weighted by Crippen LogP contribution is -2.43. The molecule has 2 aromatic heterocycles. The molecule has 3 rings (SSSR count). The summed E-state index contributed by atoms with van der Waals surface area (Å²) in [5, 5.41) is 21.9. The molecular formula is C15H20N4O3S. The lowest BCUT2D eigenvalue weighted by Gasteiger charge is -2.27. The summed E-state index contributed by atoms with van der Waals surface area (Å²) < 4.78 is 5.42. The first kappa shape index (κ1) is 16.1. The van der Waals surface area contributed by atoms with E-state index in [0.717, 1.165) is 6.54 Å². The summed E-state index contributed by atoms with van der Waals surface area (Å²) in [6.45, 7) is 5.80. The van der Waals surface area contributed by atoms with Crippen LogP contribution in [0.4, 0.5) is 0 Å². The van der Waals surface area contributed by atoms with Gasteiger partial charge in [0.2, 0.25) is 11.8 Å². The van der Waals surface area contributed by atoms with E-state index in [4.69, 9.17) is 4.42 Å². The van der Waals surface area contributed by atoms with Gasteiger partial charge in [-0.1, -0.05) is 6.92 Å². The number of hydrogen-bond acceptors (Lipinski definition) is 7. The molecule has 0 unspecified atom stereocenters. The van der Waals surface area contributed by atoms with Gasteiger partial charge in [-0.05, 0) is 18.0 Å². The van der Waals surface area contributed by atoms with Gasteiger partial charge in [0.05, 0.1) is 24.3 Å². The van der Waals surface area contributed by atoms with Gasteiger partial charge in [0, 0.05) is 25.4 Å². The highest BCUT2D eigenvalue weighted by molar-refractivity contribution is 7.08. The summed E-state index contributed by atoms with van der Waals surface area (Å²) in [7, 11) is 0. The number of carbonyl (C=O) groups is 1. The van der Waals surface area contributed by atoms with E-state index in [9.17, 15) is 9.90 Å². The minimum atomic E-state index is -0.582. The lowest BCUT2D eigenvalue weighted by atomic mass is 10.2. The van der Waals surface area contributed by atoms with Crippen molar-refractivity contribution in [2.45, 2.75) is 32.5 Å². The predicted octanol–water partition coefficient (Wildman–Crippen LogP) is 1.15. The third kappa shape index (κ3) is 3.44. The van der Waals surface area contributed by atoms with Crippen LogP contribution in [0.3, 0.4) is 0 Å². The van der Waals surface area contributed by atoms with Gasteiger partial charge in [0.25, 0.3) is 5.91 Å². The number of likely N-dealkylation sites (tertiary alicyclic amines) is 1. The zero-order valence-electron chi connectivity index (χ0n) is 13.2. The van der Waals surface area contributed by atoms with Crippen molar-refractivity contribution in [3.63, 3.8) is 0 Å². The quantitative estimate of drug-likeness (QED) is 0.882. The smallest absolute Gasteiger partial charge is 0.254 e. The number of amides is 1. The molecule has 0 saturated carbocycles. The summed E-state index contributed by atoms with van der Waals surface area (Å²) in [6, 6.07) is 1.68. The number of likely N-dealkylation sites (N-methyl/N-ethyl adjacent to an activating group) is 1. The van der Waals surface area contributed by atoms with E-state index in [2.05, 4.69) is 15.1 Å². The fraction of sp³-hybridized carbons (Fsp3) is 0.533. The standard InChI is InChI=1S/C15H20N4O3S/c1-3-18(8-14-17-16-10(2)22-14)12-6-19(7-13(12)20)15(21)11-4-5-23-9-11/h4-5,9,12-13,20H,3,6-8H2,1-2H3/t12-,13-/m1/s1. The Morgan fingerprint density at radius 2 is 2.35 bits per heavy atom. The van der Waals surface area contributed by atoms with Gasteiger partial charge >= 0.3 is 0 Å². The Balaban J connectivity index is 1.68. The third-order valence-electron chi connectivity index (χ3n) is 4.10. The Morgan fingerprint density at radius 3 is 2.96 bits per heavy atom. The fourth-order valence-corrected chi connectivity index (χ4v) is 3.53. The summed E-state index contributed by atoms with van der Waals surface area (Å²) >= 11 is 1.50. The minimum absolute atomic E-state index is 0.0301. The number of nitrogens with zero attached hydrogens (tertiary/aromatic N) is 4. The van der Waals surface area contributed by atoms with Gasteiger partial charge in [-0.25, -0.2) is 0 Å². The summed E-state index contributed by atoms with van der Waals surface area (Å²) in [5.74, 6) is 1.02. The van der Waals surface area contributed by atoms with Gasteiger partial charge in [-0.15, -0.1) is 10.2 Å². The third-order valence-corrected chi connectivity index (χ3v) is 4.78. The molecule has 1 fully saturated rings. The monoisotopic (exact) mass is 336 g/mol. The van der Waals surface area contributed by atoms with Crippen molar-refractivity contribution in [2.75, 3.05) is 19.6 Å². The molecule has 0 aromatic carbocycles. The summed E-state index contributed by atoms with van der Waals surface area (Å²) in [4.78, 5) is 16.2. The number of aromatic nitrogens is 2. The zero-order chi connectivity index (χ0) is 16.4. The molecule has 124 valence electrons. The lowest BCUT2D eigenvalue weighted by molar-refractivity contribution is 0.0743. The maximum atomic E-state index is 12.4. The minimum Gasteiger partial charge on any atom is -0.424 e. The molecule has 2 atom stereocenters. The van der Waals surface area contributed by atoms with Crippen molar-refractivity contribution >= 4 is 17.2 Å². The molecular weight excluding hydrogens is 316 g/mol. The Bertz CT molecular complexity index is 657. The number of aliphatic hydroxyl groups excluding tert-OH is 1. The van der Waals surface area contributed by atoms with Crippen LogP contribution in [0.1, 0.15) is 29.1 Å². The van der Waals surface area contributed by atoms with Crippen molar-refractivity contribution < 1.29 is 14.3 Å². The fourth-order valence-electron chi connectivity index (χ4n) is 2.90. The molecule has 1 aliphatic rings. The second-order valence-corrected chi connectivity index (χ2v) is 6.41. The van der Waals surface area contributed by atoms with Crippen LogP contribution in [0, 0.1) is 6.92 Å². The van der Waals surface area contributed by atoms with Crippen molar-refractivity contribution in [3.05, 3.63) is 34.2 Å². The van der Waals surface area contributed by atoms with Crippen molar-refractivity contribution in [1.82, 2.24) is 20.0 Å². The van der Waals surface area contributed by atoms with Gasteiger partial charge in [0.15, 0.2) is 0 Å². The second kappa shape index (κ2) is 6.77. The topological polar surface area (TPSA) is 82.7 Å². The van der Waals surface area contributed by atoms with E-state index in [1.807, 2.05) is 23.8 Å². The summed E-state index contributed by atoms with van der Waals surface area (Å²) in [6.07, 6.45) is -0.582. The molecule has 1 aliphatic heterocycles. The molecule has 0 bridgehead atoms. The van der Waals surface area contributed by atoms with E-state index in [1.54, 1.807) is 11.8 Å². The molecule has 1 amide bonds. The first-order valence-corrected chi connectivity index (χ1v) is 8.55. The molecule has 2 aromatic rings. The maximum Gasteiger partial charge on any atom is 0.254 e. The van der Waals surface area contributed by atoms with E-state index < -0.39 is 6.10 Å². The van der Waals surface area contributed by atoms with Crippen LogP contribution >= 0.6 is 11.3 Å². The Labute approximate surface area is 138 Å². The van der Waals surface area contributed by atoms with Gasteiger partial charge in [-0.3, -0.25) is 9.69 Å². The van der Waals surface area contributed by atoms with Crippen LogP contribution in [0.25, 0.3) is 0 Å². The molecule has 7 nitrogen and oxygen atoms in total. The van der Waals surface area contributed by atoms with Crippen LogP contribution in [0.15, 0.2) is 21.2 Å². The highest BCUT2D eigenvalue weighted by atomic mass is 32.1. The van der Waals surface area contributed by atoms with Crippen molar-refractivity contribution in [2.24, 2.45) is 0 Å². The molecule has 0 radical (unpaired) electrons. The van der Waals surface area contributed by atoms with Gasteiger partial charge in [-0.2, -0.15) is 11.3 Å². The van der Waals surface area contributed by atoms with Gasteiger partial charge in [0.1, 0.15) is 0 Å². The van der Waals surface area contributed by atoms with E-state index >= 15 is 0 Å². The molecule has 23 heavy (non-hydrogen) atoms. The average Bonchev–Trinajstić information content (AvgIpc) is 3.25. The van der Waals surface area contributed by atoms with Crippen LogP contribution in [-0.2, 0) is 6.54 Å². The number of aryl methyl sites for hydroxylation is 1. The normalized spacial score (nSPS) is 21.3. The van der Waals surface area contributed by atoms with Crippen LogP contribution < -0.4 is 0 Å². The molecule has 1 saturated heterocycles. The predicted molar refractivity (Wildman–Crippen MR) is 85.1 cm³/mol. The Kier molecular flexibility index (Phi) is 4.74. The molecule has 0 spiro atoms. The Hall–Kier alpha value is -1.77. The first-order chi connectivity index (χ1) is 11.1. The largest absolute Gasteiger partial charge is 0.424 e. The maximum absolute atomic E-state index is 12.4. The second-order valence-electron chi connectivity index (χ2n) is 5.63. The molecule has 3 heterocycles. The van der Waals surface area contributed by atoms with E-state index in [0.29, 0.717) is 37.0 Å². The highest BCUT2D eigenvalue weighted by Gasteiger charge is 2.38. The van der Waals surface area contributed by atoms with Crippen molar-refractivity contribution in [1.29, 1.82) is 0 Å². The van der Waals surface area contributed by atoms with Crippen LogP contribution in [0.2, 0.25) is 0 Å². The molecule has 8 heteroatoms. The number of carbonyl (C=O) groups excluding carboxylic acids is 1. The molecule has 1 N–H and O–H groups in total. The molecule has 0 aliphatic carbocycles. The number of aliphatic hydroxyl groups is 1. The SMILES string of the molecule is CCN(Cc1nnc(C)o1)[C@@H]1CN(C(=O)c2ccsc2)C[C@H]1O. The summed E-state index contributed by atoms with van der Waals surface area (Å²) in [5.41, 5.74) is 0.679.